The summed E-state index contributed by atoms with van der Waals surface area (Å²) in [6, 6.07) is 0. The first-order valence-electron chi connectivity index (χ1n) is 13.5. The highest BCUT2D eigenvalue weighted by Gasteiger charge is 2.38. The first kappa shape index (κ1) is 25.1. The summed E-state index contributed by atoms with van der Waals surface area (Å²) in [6.45, 7) is 10.5. The van der Waals surface area contributed by atoms with Crippen LogP contribution < -0.4 is 33.2 Å². The second-order valence-corrected chi connectivity index (χ2v) is 14.9. The number of hydrogen-bond acceptors (Lipinski definition) is 11. The smallest absolute Gasteiger partial charge is 0.181 e. The van der Waals surface area contributed by atoms with Gasteiger partial charge in [-0.3, -0.25) is 0 Å². The normalized spacial score (nSPS) is 17.4. The second kappa shape index (κ2) is 9.47. The lowest BCUT2D eigenvalue weighted by atomic mass is 9.94. The Morgan fingerprint density at radius 2 is 0.925 bits per heavy atom. The summed E-state index contributed by atoms with van der Waals surface area (Å²) in [6.07, 6.45) is 2.10. The number of aryl methyl sites for hydroxylation is 1. The molecule has 0 radical (unpaired) electrons. The van der Waals surface area contributed by atoms with Gasteiger partial charge in [0.1, 0.15) is 45.4 Å². The van der Waals surface area contributed by atoms with Crippen molar-refractivity contribution in [2.75, 3.05) is 46.2 Å². The monoisotopic (exact) mass is 616 g/mol. The molecule has 0 saturated carbocycles. The summed E-state index contributed by atoms with van der Waals surface area (Å²) in [5.41, 5.74) is 1.19. The van der Waals surface area contributed by atoms with E-state index in [2.05, 4.69) is 26.2 Å². The Morgan fingerprint density at radius 3 is 1.45 bits per heavy atom. The Morgan fingerprint density at radius 1 is 0.500 bits per heavy atom. The van der Waals surface area contributed by atoms with E-state index < -0.39 is 0 Å². The molecule has 0 aromatic carbocycles. The molecule has 0 bridgehead atoms. The number of rotatable bonds is 3. The highest BCUT2D eigenvalue weighted by atomic mass is 32.1. The minimum Gasteiger partial charge on any atom is -0.492 e. The van der Waals surface area contributed by atoms with Crippen LogP contribution in [-0.4, -0.2) is 46.2 Å². The summed E-state index contributed by atoms with van der Waals surface area (Å²) < 4.78 is 43.7. The average Bonchev–Trinajstić information content (AvgIpc) is 3.74. The molecular formula is C29H28O7S4. The Bertz CT molecular complexity index is 1620. The van der Waals surface area contributed by atoms with Gasteiger partial charge in [0.2, 0.25) is 0 Å². The lowest BCUT2D eigenvalue weighted by molar-refractivity contribution is 0.170. The number of hydrogen-bond donors (Lipinski definition) is 0. The van der Waals surface area contributed by atoms with Crippen molar-refractivity contribution in [3.63, 3.8) is 0 Å². The Labute approximate surface area is 248 Å². The van der Waals surface area contributed by atoms with Crippen LogP contribution in [0.4, 0.5) is 0 Å². The summed E-state index contributed by atoms with van der Waals surface area (Å²) >= 11 is 6.78. The lowest BCUT2D eigenvalue weighted by Gasteiger charge is -2.22. The van der Waals surface area contributed by atoms with Gasteiger partial charge >= 0.3 is 0 Å². The van der Waals surface area contributed by atoms with E-state index >= 15 is 0 Å². The Hall–Kier alpha value is -2.60. The van der Waals surface area contributed by atoms with Gasteiger partial charge in [-0.2, -0.15) is 0 Å². The minimum absolute atomic E-state index is 0.0833. The zero-order valence-corrected chi connectivity index (χ0v) is 25.7. The zero-order valence-electron chi connectivity index (χ0n) is 22.4. The lowest BCUT2D eigenvalue weighted by Crippen LogP contribution is -2.18. The molecule has 0 spiro atoms. The van der Waals surface area contributed by atoms with Crippen LogP contribution in [0.15, 0.2) is 5.38 Å². The highest BCUT2D eigenvalue weighted by molar-refractivity contribution is 7.29. The van der Waals surface area contributed by atoms with Crippen LogP contribution in [0.1, 0.15) is 37.6 Å². The third kappa shape index (κ3) is 3.84. The van der Waals surface area contributed by atoms with Crippen molar-refractivity contribution in [2.24, 2.45) is 0 Å². The van der Waals surface area contributed by atoms with Crippen molar-refractivity contribution in [3.8, 4) is 69.5 Å². The molecule has 0 N–H and O–H groups in total. The van der Waals surface area contributed by atoms with Crippen LogP contribution in [0, 0.1) is 0 Å². The fraction of sp³-hybridized carbons (Fsp3) is 0.448. The van der Waals surface area contributed by atoms with Gasteiger partial charge in [0, 0.05) is 11.0 Å². The molecular weight excluding hydrogens is 589 g/mol. The molecule has 8 rings (SSSR count). The van der Waals surface area contributed by atoms with Crippen molar-refractivity contribution in [3.05, 3.63) is 15.8 Å². The fourth-order valence-electron chi connectivity index (χ4n) is 5.40. The molecule has 4 aromatic heterocycles. The van der Waals surface area contributed by atoms with Crippen LogP contribution in [0.5, 0.6) is 40.2 Å². The molecule has 0 fully saturated rings. The van der Waals surface area contributed by atoms with Crippen molar-refractivity contribution in [1.82, 2.24) is 0 Å². The van der Waals surface area contributed by atoms with Crippen LogP contribution >= 0.6 is 45.3 Å². The van der Waals surface area contributed by atoms with Gasteiger partial charge in [-0.15, -0.1) is 45.3 Å². The largest absolute Gasteiger partial charge is 0.492 e. The molecule has 4 aliphatic rings. The van der Waals surface area contributed by atoms with E-state index in [0.717, 1.165) is 89.0 Å². The summed E-state index contributed by atoms with van der Waals surface area (Å²) in [4.78, 5) is 7.37. The quantitative estimate of drug-likeness (QED) is 0.232. The van der Waals surface area contributed by atoms with Gasteiger partial charge in [0.15, 0.2) is 34.5 Å². The third-order valence-corrected chi connectivity index (χ3v) is 12.5. The van der Waals surface area contributed by atoms with Crippen molar-refractivity contribution in [2.45, 2.75) is 39.0 Å². The van der Waals surface area contributed by atoms with Gasteiger partial charge in [-0.05, 0) is 18.2 Å². The van der Waals surface area contributed by atoms with E-state index in [9.17, 15) is 0 Å². The number of thiophene rings is 4. The number of ether oxygens (including phenoxy) is 7. The molecule has 0 atom stereocenters. The Balaban J connectivity index is 1.32. The van der Waals surface area contributed by atoms with E-state index in [1.165, 1.54) is 10.4 Å². The SMILES string of the molecule is CC(C)(C)c1sc(-c2sc(-c3sc(-c4scc5c4OCCC5)c4c3OCCO4)c3c2OCCO3)c2c1OCCO2. The first-order valence-corrected chi connectivity index (χ1v) is 16.8. The Kier molecular flexibility index (Phi) is 5.95. The van der Waals surface area contributed by atoms with E-state index in [0.29, 0.717) is 39.6 Å². The summed E-state index contributed by atoms with van der Waals surface area (Å²) in [5, 5.41) is 2.22. The fourth-order valence-corrected chi connectivity index (χ4v) is 10.5. The zero-order chi connectivity index (χ0) is 27.0. The molecule has 4 aromatic rings. The maximum absolute atomic E-state index is 6.32. The molecule has 11 heteroatoms. The molecule has 0 unspecified atom stereocenters. The topological polar surface area (TPSA) is 64.6 Å². The maximum Gasteiger partial charge on any atom is 0.181 e. The molecule has 4 aliphatic heterocycles. The molecule has 8 heterocycles. The van der Waals surface area contributed by atoms with Gasteiger partial charge < -0.3 is 33.2 Å². The van der Waals surface area contributed by atoms with E-state index in [1.807, 2.05) is 0 Å². The predicted octanol–water partition coefficient (Wildman–Crippen LogP) is 7.87. The standard InChI is InChI=1S/C29H28O7S4/c1-29(2,3)28-21-20(35-11-12-36-21)27(40-28)26-19-18(33-9-10-34-19)25(39-26)24-17-16(31-7-8-32-17)23(38-24)22-15-14(13-37-22)5-4-6-30-15/h13H,4-12H2,1-3H3. The maximum atomic E-state index is 6.32. The van der Waals surface area contributed by atoms with Crippen molar-refractivity contribution >= 4 is 45.3 Å². The molecule has 0 saturated heterocycles. The van der Waals surface area contributed by atoms with Gasteiger partial charge in [-0.25, -0.2) is 0 Å². The average molecular weight is 617 g/mol. The molecule has 210 valence electrons. The van der Waals surface area contributed by atoms with Gasteiger partial charge in [-0.1, -0.05) is 20.8 Å². The van der Waals surface area contributed by atoms with Crippen molar-refractivity contribution in [1.29, 1.82) is 0 Å². The van der Waals surface area contributed by atoms with Crippen LogP contribution in [0.3, 0.4) is 0 Å². The minimum atomic E-state index is -0.0833. The molecule has 7 nitrogen and oxygen atoms in total. The van der Waals surface area contributed by atoms with Crippen LogP contribution in [-0.2, 0) is 11.8 Å². The van der Waals surface area contributed by atoms with E-state index in [1.54, 1.807) is 45.3 Å². The van der Waals surface area contributed by atoms with E-state index in [4.69, 9.17) is 33.2 Å². The summed E-state index contributed by atoms with van der Waals surface area (Å²) in [5.74, 6) is 5.75. The van der Waals surface area contributed by atoms with Gasteiger partial charge in [0.25, 0.3) is 0 Å². The molecule has 0 aliphatic carbocycles. The molecule has 40 heavy (non-hydrogen) atoms. The molecule has 0 amide bonds. The predicted molar refractivity (Wildman–Crippen MR) is 160 cm³/mol. The number of fused-ring (bicyclic) bond motifs is 4. The van der Waals surface area contributed by atoms with E-state index in [-0.39, 0.29) is 5.41 Å². The van der Waals surface area contributed by atoms with Gasteiger partial charge in [0.05, 0.1) is 40.7 Å². The first-order chi connectivity index (χ1) is 19.5. The summed E-state index contributed by atoms with van der Waals surface area (Å²) in [7, 11) is 0. The third-order valence-electron chi connectivity index (χ3n) is 7.15. The van der Waals surface area contributed by atoms with Crippen molar-refractivity contribution < 1.29 is 33.2 Å². The van der Waals surface area contributed by atoms with Crippen LogP contribution in [0.25, 0.3) is 29.3 Å². The highest BCUT2D eigenvalue weighted by Crippen LogP contribution is 2.65. The van der Waals surface area contributed by atoms with Crippen LogP contribution in [0.2, 0.25) is 0 Å². The second-order valence-electron chi connectivity index (χ2n) is 11.0.